The van der Waals surface area contributed by atoms with Crippen LogP contribution in [0.4, 0.5) is 0 Å². The normalized spacial score (nSPS) is 18.6. The molecule has 6 nitrogen and oxygen atoms in total. The lowest BCUT2D eigenvalue weighted by molar-refractivity contribution is -0.143. The molecule has 21 heavy (non-hydrogen) atoms. The molecule has 2 rings (SSSR count). The lowest BCUT2D eigenvalue weighted by Gasteiger charge is -2.30. The maximum atomic E-state index is 12.4. The van der Waals surface area contributed by atoms with Crippen LogP contribution in [-0.2, 0) is 4.79 Å². The summed E-state index contributed by atoms with van der Waals surface area (Å²) in [4.78, 5) is 29.1. The summed E-state index contributed by atoms with van der Waals surface area (Å²) in [5.41, 5.74) is 0.456. The van der Waals surface area contributed by atoms with Gasteiger partial charge in [-0.25, -0.2) is 4.98 Å². The first-order valence-electron chi connectivity index (χ1n) is 7.12. The summed E-state index contributed by atoms with van der Waals surface area (Å²) in [6.45, 7) is 4.66. The summed E-state index contributed by atoms with van der Waals surface area (Å²) in [6, 6.07) is 3.32. The van der Waals surface area contributed by atoms with Crippen molar-refractivity contribution in [3.8, 4) is 5.88 Å². The van der Waals surface area contributed by atoms with Gasteiger partial charge in [0.2, 0.25) is 5.88 Å². The predicted molar refractivity (Wildman–Crippen MR) is 76.3 cm³/mol. The molecule has 6 heteroatoms. The smallest absolute Gasteiger partial charge is 0.308 e. The van der Waals surface area contributed by atoms with E-state index in [1.807, 2.05) is 13.8 Å². The number of pyridine rings is 1. The fourth-order valence-corrected chi connectivity index (χ4v) is 2.36. The molecular formula is C15H20N2O4. The van der Waals surface area contributed by atoms with Crippen LogP contribution in [0.1, 0.15) is 37.0 Å². The van der Waals surface area contributed by atoms with Crippen molar-refractivity contribution in [1.29, 1.82) is 0 Å². The quantitative estimate of drug-likeness (QED) is 0.915. The van der Waals surface area contributed by atoms with Crippen LogP contribution in [0.2, 0.25) is 0 Å². The highest BCUT2D eigenvalue weighted by Crippen LogP contribution is 2.19. The first-order chi connectivity index (χ1) is 9.97. The van der Waals surface area contributed by atoms with Crippen LogP contribution in [-0.4, -0.2) is 46.1 Å². The molecule has 2 heterocycles. The largest absolute Gasteiger partial charge is 0.481 e. The third kappa shape index (κ3) is 3.93. The number of carbonyl (C=O) groups is 2. The van der Waals surface area contributed by atoms with Gasteiger partial charge in [0.05, 0.1) is 17.6 Å². The number of likely N-dealkylation sites (tertiary alicyclic amines) is 1. The summed E-state index contributed by atoms with van der Waals surface area (Å²) >= 11 is 0. The summed E-state index contributed by atoms with van der Waals surface area (Å²) in [5, 5.41) is 9.06. The van der Waals surface area contributed by atoms with Crippen molar-refractivity contribution < 1.29 is 19.4 Å². The van der Waals surface area contributed by atoms with Crippen molar-refractivity contribution in [2.75, 3.05) is 13.1 Å². The summed E-state index contributed by atoms with van der Waals surface area (Å²) in [7, 11) is 0. The maximum absolute atomic E-state index is 12.4. The molecule has 1 amide bonds. The van der Waals surface area contributed by atoms with E-state index in [0.717, 1.165) is 0 Å². The van der Waals surface area contributed by atoms with Crippen LogP contribution in [0.25, 0.3) is 0 Å². The zero-order valence-electron chi connectivity index (χ0n) is 12.3. The Hall–Kier alpha value is -2.11. The number of rotatable bonds is 4. The van der Waals surface area contributed by atoms with E-state index in [9.17, 15) is 9.59 Å². The average molecular weight is 292 g/mol. The Bertz CT molecular complexity index is 513. The molecule has 0 saturated carbocycles. The number of carbonyl (C=O) groups excluding carboxylic acids is 1. The van der Waals surface area contributed by atoms with Crippen LogP contribution < -0.4 is 4.74 Å². The standard InChI is InChI=1S/C15H20N2O4/c1-10(2)21-13-6-5-11(8-16-13)14(18)17-7-3-4-12(9-17)15(19)20/h5-6,8,10,12H,3-4,7,9H2,1-2H3,(H,19,20)/t12-/m0/s1. The highest BCUT2D eigenvalue weighted by Gasteiger charge is 2.28. The molecule has 0 bridgehead atoms. The Morgan fingerprint density at radius 1 is 1.43 bits per heavy atom. The Labute approximate surface area is 123 Å². The van der Waals surface area contributed by atoms with Crippen molar-refractivity contribution in [3.05, 3.63) is 23.9 Å². The zero-order chi connectivity index (χ0) is 15.4. The van der Waals surface area contributed by atoms with Crippen LogP contribution in [0.5, 0.6) is 5.88 Å². The minimum Gasteiger partial charge on any atom is -0.481 e. The van der Waals surface area contributed by atoms with Gasteiger partial charge in [-0.3, -0.25) is 9.59 Å². The Balaban J connectivity index is 2.03. The molecule has 1 atom stereocenters. The molecule has 0 aromatic carbocycles. The van der Waals surface area contributed by atoms with E-state index in [-0.39, 0.29) is 18.6 Å². The van der Waals surface area contributed by atoms with E-state index in [1.54, 1.807) is 17.0 Å². The van der Waals surface area contributed by atoms with Crippen molar-refractivity contribution >= 4 is 11.9 Å². The Kier molecular flexibility index (Phi) is 4.77. The Morgan fingerprint density at radius 2 is 2.19 bits per heavy atom. The van der Waals surface area contributed by atoms with E-state index in [1.165, 1.54) is 6.20 Å². The van der Waals surface area contributed by atoms with Gasteiger partial charge in [-0.05, 0) is 32.8 Å². The van der Waals surface area contributed by atoms with Gasteiger partial charge >= 0.3 is 5.97 Å². The molecule has 0 spiro atoms. The number of aromatic nitrogens is 1. The third-order valence-electron chi connectivity index (χ3n) is 3.40. The van der Waals surface area contributed by atoms with E-state index in [4.69, 9.17) is 9.84 Å². The van der Waals surface area contributed by atoms with Gasteiger partial charge in [-0.15, -0.1) is 0 Å². The number of hydrogen-bond donors (Lipinski definition) is 1. The van der Waals surface area contributed by atoms with E-state index >= 15 is 0 Å². The van der Waals surface area contributed by atoms with Crippen molar-refractivity contribution in [1.82, 2.24) is 9.88 Å². The van der Waals surface area contributed by atoms with Crippen LogP contribution >= 0.6 is 0 Å². The number of aliphatic carboxylic acids is 1. The van der Waals surface area contributed by atoms with Gasteiger partial charge in [0, 0.05) is 25.4 Å². The number of ether oxygens (including phenoxy) is 1. The van der Waals surface area contributed by atoms with E-state index in [2.05, 4.69) is 4.98 Å². The van der Waals surface area contributed by atoms with Gasteiger partial charge in [-0.1, -0.05) is 0 Å². The minimum atomic E-state index is -0.841. The van der Waals surface area contributed by atoms with Crippen molar-refractivity contribution in [2.45, 2.75) is 32.8 Å². The molecule has 1 fully saturated rings. The SMILES string of the molecule is CC(C)Oc1ccc(C(=O)N2CCC[C@H](C(=O)O)C2)cn1. The Morgan fingerprint density at radius 3 is 2.76 bits per heavy atom. The molecule has 1 N–H and O–H groups in total. The molecule has 1 aliphatic rings. The topological polar surface area (TPSA) is 79.7 Å². The second-order valence-corrected chi connectivity index (χ2v) is 5.48. The van der Waals surface area contributed by atoms with Crippen molar-refractivity contribution in [2.24, 2.45) is 5.92 Å². The third-order valence-corrected chi connectivity index (χ3v) is 3.40. The number of amides is 1. The molecule has 0 unspecified atom stereocenters. The number of piperidine rings is 1. The van der Waals surface area contributed by atoms with Gasteiger partial charge in [0.25, 0.3) is 5.91 Å². The molecule has 1 saturated heterocycles. The number of hydrogen-bond acceptors (Lipinski definition) is 4. The maximum Gasteiger partial charge on any atom is 0.308 e. The number of carboxylic acids is 1. The first kappa shape index (κ1) is 15.3. The predicted octanol–water partition coefficient (Wildman–Crippen LogP) is 1.81. The van der Waals surface area contributed by atoms with E-state index < -0.39 is 11.9 Å². The van der Waals surface area contributed by atoms with Crippen LogP contribution in [0, 0.1) is 5.92 Å². The zero-order valence-corrected chi connectivity index (χ0v) is 12.3. The molecule has 1 aliphatic heterocycles. The van der Waals surface area contributed by atoms with Crippen LogP contribution in [0.15, 0.2) is 18.3 Å². The minimum absolute atomic E-state index is 0.0254. The average Bonchev–Trinajstić information content (AvgIpc) is 2.47. The summed E-state index contributed by atoms with van der Waals surface area (Å²) in [6.07, 6.45) is 2.84. The molecule has 1 aromatic heterocycles. The second kappa shape index (κ2) is 6.56. The van der Waals surface area contributed by atoms with E-state index in [0.29, 0.717) is 30.8 Å². The number of nitrogens with zero attached hydrogens (tertiary/aromatic N) is 2. The molecular weight excluding hydrogens is 272 g/mol. The molecule has 0 aliphatic carbocycles. The lowest BCUT2D eigenvalue weighted by Crippen LogP contribution is -2.42. The fourth-order valence-electron chi connectivity index (χ4n) is 2.36. The lowest BCUT2D eigenvalue weighted by atomic mass is 9.98. The first-order valence-corrected chi connectivity index (χ1v) is 7.12. The second-order valence-electron chi connectivity index (χ2n) is 5.48. The van der Waals surface area contributed by atoms with Crippen molar-refractivity contribution in [3.63, 3.8) is 0 Å². The fraction of sp³-hybridized carbons (Fsp3) is 0.533. The molecule has 1 aromatic rings. The van der Waals surface area contributed by atoms with Gasteiger partial charge in [-0.2, -0.15) is 0 Å². The van der Waals surface area contributed by atoms with Gasteiger partial charge in [0.15, 0.2) is 0 Å². The van der Waals surface area contributed by atoms with Gasteiger partial charge < -0.3 is 14.7 Å². The van der Waals surface area contributed by atoms with Gasteiger partial charge in [0.1, 0.15) is 0 Å². The molecule has 0 radical (unpaired) electrons. The number of carboxylic acid groups (broad SMARTS) is 1. The highest BCUT2D eigenvalue weighted by molar-refractivity contribution is 5.94. The monoisotopic (exact) mass is 292 g/mol. The highest BCUT2D eigenvalue weighted by atomic mass is 16.5. The summed E-state index contributed by atoms with van der Waals surface area (Å²) < 4.78 is 5.43. The molecule has 114 valence electrons. The van der Waals surface area contributed by atoms with Crippen LogP contribution in [0.3, 0.4) is 0 Å². The summed E-state index contributed by atoms with van der Waals surface area (Å²) in [5.74, 6) is -1.02.